The minimum absolute atomic E-state index is 0.454. The Bertz CT molecular complexity index is 547. The fourth-order valence-corrected chi connectivity index (χ4v) is 2.99. The van der Waals surface area contributed by atoms with Crippen molar-refractivity contribution in [3.05, 3.63) is 47.3 Å². The van der Waals surface area contributed by atoms with E-state index in [0.717, 1.165) is 29.5 Å². The second kappa shape index (κ2) is 7.65. The lowest BCUT2D eigenvalue weighted by atomic mass is 10.1. The zero-order chi connectivity index (χ0) is 14.4. The van der Waals surface area contributed by atoms with Crippen molar-refractivity contribution in [2.75, 3.05) is 11.5 Å². The molecule has 0 saturated heterocycles. The highest BCUT2D eigenvalue weighted by molar-refractivity contribution is 7.99. The fraction of sp³-hybridized carbons (Fsp3) is 0.375. The molecule has 2 rings (SSSR count). The molecule has 1 aliphatic carbocycles. The summed E-state index contributed by atoms with van der Waals surface area (Å²) in [5.74, 6) is 3.03. The van der Waals surface area contributed by atoms with E-state index in [9.17, 15) is 0 Å². The standard InChI is InChI=1S/C16H19ClN2S/c1-12(2)10-20-11-13-5-7-14(8-6-13)19-15-4-3-9-18-16(15)17/h3-7,9,12H,8,10-11H2,1-2H3. The van der Waals surface area contributed by atoms with Crippen LogP contribution in [0, 0.1) is 5.92 Å². The van der Waals surface area contributed by atoms with Crippen LogP contribution in [0.4, 0.5) is 5.69 Å². The van der Waals surface area contributed by atoms with Crippen molar-refractivity contribution in [1.29, 1.82) is 0 Å². The number of thioether (sulfide) groups is 1. The Labute approximate surface area is 130 Å². The third-order valence-corrected chi connectivity index (χ3v) is 4.52. The molecule has 0 saturated carbocycles. The SMILES string of the molecule is CC(C)CSCC1=CCC(=Nc2cccnc2Cl)C=C1. The summed E-state index contributed by atoms with van der Waals surface area (Å²) in [5, 5.41) is 0.454. The average molecular weight is 307 g/mol. The third kappa shape index (κ3) is 4.80. The zero-order valence-electron chi connectivity index (χ0n) is 11.8. The lowest BCUT2D eigenvalue weighted by Gasteiger charge is -2.10. The Morgan fingerprint density at radius 2 is 2.25 bits per heavy atom. The van der Waals surface area contributed by atoms with Crippen LogP contribution in [0.25, 0.3) is 0 Å². The summed E-state index contributed by atoms with van der Waals surface area (Å²) < 4.78 is 0. The molecule has 1 heterocycles. The highest BCUT2D eigenvalue weighted by Crippen LogP contribution is 2.23. The lowest BCUT2D eigenvalue weighted by Crippen LogP contribution is -2.00. The summed E-state index contributed by atoms with van der Waals surface area (Å²) in [7, 11) is 0. The van der Waals surface area contributed by atoms with E-state index in [1.165, 1.54) is 11.3 Å². The normalized spacial score (nSPS) is 16.8. The quantitative estimate of drug-likeness (QED) is 0.708. The molecule has 0 aliphatic heterocycles. The molecule has 2 nitrogen and oxygen atoms in total. The van der Waals surface area contributed by atoms with Crippen molar-refractivity contribution in [2.24, 2.45) is 10.9 Å². The topological polar surface area (TPSA) is 25.2 Å². The number of hydrogen-bond acceptors (Lipinski definition) is 3. The molecule has 0 N–H and O–H groups in total. The molecule has 4 heteroatoms. The molecular formula is C16H19ClN2S. The van der Waals surface area contributed by atoms with Gasteiger partial charge in [-0.2, -0.15) is 11.8 Å². The summed E-state index contributed by atoms with van der Waals surface area (Å²) in [5.41, 5.74) is 3.14. The van der Waals surface area contributed by atoms with Crippen LogP contribution in [-0.2, 0) is 0 Å². The monoisotopic (exact) mass is 306 g/mol. The van der Waals surface area contributed by atoms with Gasteiger partial charge in [0.1, 0.15) is 5.69 Å². The molecule has 0 bridgehead atoms. The van der Waals surface area contributed by atoms with E-state index < -0.39 is 0 Å². The van der Waals surface area contributed by atoms with Gasteiger partial charge in [-0.15, -0.1) is 0 Å². The van der Waals surface area contributed by atoms with Crippen molar-refractivity contribution < 1.29 is 0 Å². The summed E-state index contributed by atoms with van der Waals surface area (Å²) in [6.45, 7) is 4.50. The van der Waals surface area contributed by atoms with Crippen LogP contribution in [-0.4, -0.2) is 22.2 Å². The molecular weight excluding hydrogens is 288 g/mol. The van der Waals surface area contributed by atoms with Crippen LogP contribution >= 0.6 is 23.4 Å². The molecule has 0 radical (unpaired) electrons. The van der Waals surface area contributed by atoms with Crippen molar-refractivity contribution in [3.8, 4) is 0 Å². The number of aromatic nitrogens is 1. The van der Waals surface area contributed by atoms with Crippen molar-refractivity contribution in [3.63, 3.8) is 0 Å². The van der Waals surface area contributed by atoms with E-state index in [4.69, 9.17) is 11.6 Å². The molecule has 106 valence electrons. The summed E-state index contributed by atoms with van der Waals surface area (Å²) in [6.07, 6.45) is 9.01. The van der Waals surface area contributed by atoms with E-state index in [-0.39, 0.29) is 0 Å². The number of hydrogen-bond donors (Lipinski definition) is 0. The second-order valence-electron chi connectivity index (χ2n) is 5.14. The fourth-order valence-electron chi connectivity index (χ4n) is 1.79. The third-order valence-electron chi connectivity index (χ3n) is 2.79. The molecule has 0 fully saturated rings. The Morgan fingerprint density at radius 3 is 2.90 bits per heavy atom. The first-order valence-corrected chi connectivity index (χ1v) is 8.31. The van der Waals surface area contributed by atoms with Gasteiger partial charge in [-0.25, -0.2) is 9.98 Å². The first-order valence-electron chi connectivity index (χ1n) is 6.78. The van der Waals surface area contributed by atoms with Gasteiger partial charge >= 0.3 is 0 Å². The minimum atomic E-state index is 0.454. The first-order chi connectivity index (χ1) is 9.65. The summed E-state index contributed by atoms with van der Waals surface area (Å²) in [4.78, 5) is 8.58. The molecule has 0 aromatic carbocycles. The molecule has 0 amide bonds. The van der Waals surface area contributed by atoms with E-state index in [2.05, 4.69) is 42.1 Å². The van der Waals surface area contributed by atoms with Gasteiger partial charge < -0.3 is 0 Å². The van der Waals surface area contributed by atoms with E-state index in [0.29, 0.717) is 5.15 Å². The number of nitrogens with zero attached hydrogens (tertiary/aromatic N) is 2. The first kappa shape index (κ1) is 15.3. The summed E-state index contributed by atoms with van der Waals surface area (Å²) >= 11 is 7.99. The van der Waals surface area contributed by atoms with Gasteiger partial charge in [-0.05, 0) is 35.5 Å². The molecule has 1 aromatic heterocycles. The number of aliphatic imine (C=N–C) groups is 1. The van der Waals surface area contributed by atoms with Crippen LogP contribution in [0.1, 0.15) is 20.3 Å². The maximum Gasteiger partial charge on any atom is 0.154 e. The largest absolute Gasteiger partial charge is 0.250 e. The van der Waals surface area contributed by atoms with Crippen LogP contribution in [0.2, 0.25) is 5.15 Å². The van der Waals surface area contributed by atoms with Crippen molar-refractivity contribution in [2.45, 2.75) is 20.3 Å². The summed E-state index contributed by atoms with van der Waals surface area (Å²) in [6, 6.07) is 3.73. The van der Waals surface area contributed by atoms with Crippen LogP contribution in [0.3, 0.4) is 0 Å². The van der Waals surface area contributed by atoms with E-state index in [1.54, 1.807) is 6.20 Å². The molecule has 1 aromatic rings. The van der Waals surface area contributed by atoms with Crippen LogP contribution < -0.4 is 0 Å². The molecule has 1 aliphatic rings. The molecule has 0 unspecified atom stereocenters. The minimum Gasteiger partial charge on any atom is -0.250 e. The lowest BCUT2D eigenvalue weighted by molar-refractivity contribution is 0.750. The highest BCUT2D eigenvalue weighted by atomic mass is 35.5. The number of halogens is 1. The van der Waals surface area contributed by atoms with E-state index in [1.807, 2.05) is 23.9 Å². The van der Waals surface area contributed by atoms with Gasteiger partial charge in [0, 0.05) is 24.1 Å². The van der Waals surface area contributed by atoms with E-state index >= 15 is 0 Å². The van der Waals surface area contributed by atoms with Crippen LogP contribution in [0.5, 0.6) is 0 Å². The smallest absolute Gasteiger partial charge is 0.154 e. The maximum absolute atomic E-state index is 6.01. The van der Waals surface area contributed by atoms with Gasteiger partial charge in [0.25, 0.3) is 0 Å². The zero-order valence-corrected chi connectivity index (χ0v) is 13.4. The van der Waals surface area contributed by atoms with Crippen molar-refractivity contribution >= 4 is 34.8 Å². The predicted molar refractivity (Wildman–Crippen MR) is 90.3 cm³/mol. The van der Waals surface area contributed by atoms with Crippen LogP contribution in [0.15, 0.2) is 47.1 Å². The number of rotatable bonds is 5. The van der Waals surface area contributed by atoms with Crippen molar-refractivity contribution in [1.82, 2.24) is 4.98 Å². The number of allylic oxidation sites excluding steroid dienone is 3. The Kier molecular flexibility index (Phi) is 5.86. The van der Waals surface area contributed by atoms with Gasteiger partial charge in [-0.1, -0.05) is 37.6 Å². The Morgan fingerprint density at radius 1 is 1.40 bits per heavy atom. The van der Waals surface area contributed by atoms with Gasteiger partial charge in [-0.3, -0.25) is 0 Å². The van der Waals surface area contributed by atoms with Gasteiger partial charge in [0.15, 0.2) is 5.15 Å². The molecule has 20 heavy (non-hydrogen) atoms. The Balaban J connectivity index is 1.92. The Hall–Kier alpha value is -1.06. The number of pyridine rings is 1. The average Bonchev–Trinajstić information content (AvgIpc) is 2.43. The van der Waals surface area contributed by atoms with Gasteiger partial charge in [0.05, 0.1) is 0 Å². The molecule has 0 spiro atoms. The maximum atomic E-state index is 6.01. The molecule has 0 atom stereocenters. The predicted octanol–water partition coefficient (Wildman–Crippen LogP) is 5.08. The highest BCUT2D eigenvalue weighted by Gasteiger charge is 2.05. The van der Waals surface area contributed by atoms with Gasteiger partial charge in [0.2, 0.25) is 0 Å². The second-order valence-corrected chi connectivity index (χ2v) is 6.53.